The normalized spacial score (nSPS) is 35.5. The summed E-state index contributed by atoms with van der Waals surface area (Å²) in [5.74, 6) is -1.16. The summed E-state index contributed by atoms with van der Waals surface area (Å²) in [5.41, 5.74) is -2.45. The molecule has 3 fully saturated rings. The monoisotopic (exact) mass is 586 g/mol. The fourth-order valence-corrected chi connectivity index (χ4v) is 9.24. The quantitative estimate of drug-likeness (QED) is 0.156. The standard InChI is InChI=1S/C35H54O7/c1-4-5-6-7-8-9-10-11-12-13-14-15-31(40)42-30-21-25(37)20-24-16-17-26-27-18-19-35(41,29(39)23-36)33(27,2)22-28(38)32(26)34(24,30)3/h20-21,26-28,32,36,38,41H,4-19,22-23H2,1-3H3/t26-,27-,28-,32+,33-,34+,35-/m0/s1. The number of rotatable bonds is 15. The molecule has 0 bridgehead atoms. The predicted octanol–water partition coefficient (Wildman–Crippen LogP) is 6.13. The molecule has 7 nitrogen and oxygen atoms in total. The van der Waals surface area contributed by atoms with Crippen LogP contribution in [0.3, 0.4) is 0 Å². The lowest BCUT2D eigenvalue weighted by Gasteiger charge is -2.60. The summed E-state index contributed by atoms with van der Waals surface area (Å²) in [6, 6.07) is 0. The van der Waals surface area contributed by atoms with E-state index < -0.39 is 34.9 Å². The fraction of sp³-hybridized carbons (Fsp3) is 0.800. The van der Waals surface area contributed by atoms with Crippen molar-refractivity contribution in [1.29, 1.82) is 0 Å². The maximum Gasteiger partial charge on any atom is 0.310 e. The van der Waals surface area contributed by atoms with Crippen molar-refractivity contribution in [2.24, 2.45) is 28.6 Å². The van der Waals surface area contributed by atoms with Gasteiger partial charge in [-0.1, -0.05) is 83.6 Å². The Morgan fingerprint density at radius 3 is 2.19 bits per heavy atom. The van der Waals surface area contributed by atoms with Crippen molar-refractivity contribution < 1.29 is 34.4 Å². The lowest BCUT2D eigenvalue weighted by atomic mass is 9.45. The molecule has 0 aromatic carbocycles. The van der Waals surface area contributed by atoms with Crippen LogP contribution in [-0.2, 0) is 19.1 Å². The van der Waals surface area contributed by atoms with Crippen LogP contribution in [0.5, 0.6) is 0 Å². The van der Waals surface area contributed by atoms with E-state index >= 15 is 0 Å². The second-order valence-corrected chi connectivity index (χ2v) is 14.0. The van der Waals surface area contributed by atoms with Crippen LogP contribution in [0, 0.1) is 28.6 Å². The van der Waals surface area contributed by atoms with Crippen LogP contribution in [0.4, 0.5) is 0 Å². The van der Waals surface area contributed by atoms with Gasteiger partial charge in [0.15, 0.2) is 11.6 Å². The maximum atomic E-state index is 13.0. The minimum absolute atomic E-state index is 0.0247. The highest BCUT2D eigenvalue weighted by Gasteiger charge is 2.69. The Hall–Kier alpha value is -1.83. The Labute approximate surface area is 252 Å². The highest BCUT2D eigenvalue weighted by atomic mass is 16.5. The molecule has 0 radical (unpaired) electrons. The Kier molecular flexibility index (Phi) is 10.9. The number of ketones is 2. The largest absolute Gasteiger partial charge is 0.430 e. The number of hydrogen-bond acceptors (Lipinski definition) is 7. The summed E-state index contributed by atoms with van der Waals surface area (Å²) in [6.45, 7) is 5.37. The van der Waals surface area contributed by atoms with E-state index in [-0.39, 0.29) is 42.3 Å². The molecule has 0 heterocycles. The molecular weight excluding hydrogens is 532 g/mol. The van der Waals surface area contributed by atoms with Crippen LogP contribution in [0.2, 0.25) is 0 Å². The maximum absolute atomic E-state index is 13.0. The summed E-state index contributed by atoms with van der Waals surface area (Å²) < 4.78 is 5.97. The van der Waals surface area contributed by atoms with Gasteiger partial charge >= 0.3 is 5.97 Å². The van der Waals surface area contributed by atoms with Gasteiger partial charge in [-0.15, -0.1) is 0 Å². The first-order valence-corrected chi connectivity index (χ1v) is 16.8. The van der Waals surface area contributed by atoms with E-state index in [1.165, 1.54) is 57.4 Å². The number of esters is 1. The van der Waals surface area contributed by atoms with E-state index in [2.05, 4.69) is 6.92 Å². The number of ether oxygens (including phenoxy) is 1. The molecule has 0 aliphatic heterocycles. The second kappa shape index (κ2) is 13.9. The number of aliphatic hydroxyl groups is 3. The predicted molar refractivity (Wildman–Crippen MR) is 161 cm³/mol. The third-order valence-electron chi connectivity index (χ3n) is 11.6. The zero-order valence-electron chi connectivity index (χ0n) is 26.2. The van der Waals surface area contributed by atoms with Crippen molar-refractivity contribution in [2.75, 3.05) is 6.61 Å². The van der Waals surface area contributed by atoms with Gasteiger partial charge in [0, 0.05) is 23.8 Å². The minimum Gasteiger partial charge on any atom is -0.430 e. The Morgan fingerprint density at radius 2 is 1.57 bits per heavy atom. The second-order valence-electron chi connectivity index (χ2n) is 14.0. The van der Waals surface area contributed by atoms with Crippen LogP contribution in [0.15, 0.2) is 23.5 Å². The molecule has 0 aromatic rings. The van der Waals surface area contributed by atoms with Crippen molar-refractivity contribution in [1.82, 2.24) is 0 Å². The van der Waals surface area contributed by atoms with E-state index in [9.17, 15) is 29.7 Å². The lowest BCUT2D eigenvalue weighted by molar-refractivity contribution is -0.182. The van der Waals surface area contributed by atoms with Gasteiger partial charge in [0.05, 0.1) is 11.5 Å². The van der Waals surface area contributed by atoms with E-state index in [1.54, 1.807) is 6.08 Å². The molecule has 4 aliphatic carbocycles. The number of carbonyl (C=O) groups is 3. The number of fused-ring (bicyclic) bond motifs is 5. The molecule has 42 heavy (non-hydrogen) atoms. The van der Waals surface area contributed by atoms with Gasteiger partial charge in [0.25, 0.3) is 0 Å². The Morgan fingerprint density at radius 1 is 0.952 bits per heavy atom. The molecule has 3 N–H and O–H groups in total. The molecule has 0 saturated heterocycles. The highest BCUT2D eigenvalue weighted by molar-refractivity contribution is 6.02. The third kappa shape index (κ3) is 6.21. The van der Waals surface area contributed by atoms with Gasteiger partial charge in [-0.3, -0.25) is 14.4 Å². The molecule has 0 spiro atoms. The highest BCUT2D eigenvalue weighted by Crippen LogP contribution is 2.68. The zero-order valence-corrected chi connectivity index (χ0v) is 26.2. The van der Waals surface area contributed by atoms with Crippen LogP contribution >= 0.6 is 0 Å². The number of hydrogen-bond donors (Lipinski definition) is 3. The van der Waals surface area contributed by atoms with Crippen molar-refractivity contribution in [2.45, 2.75) is 142 Å². The smallest absolute Gasteiger partial charge is 0.310 e. The average Bonchev–Trinajstić information content (AvgIpc) is 3.22. The van der Waals surface area contributed by atoms with Gasteiger partial charge in [-0.05, 0) is 63.4 Å². The van der Waals surface area contributed by atoms with Gasteiger partial charge in [-0.25, -0.2) is 0 Å². The molecule has 0 aromatic heterocycles. The molecular formula is C35H54O7. The van der Waals surface area contributed by atoms with E-state index in [4.69, 9.17) is 4.74 Å². The summed E-state index contributed by atoms with van der Waals surface area (Å²) in [7, 11) is 0. The first-order chi connectivity index (χ1) is 20.0. The zero-order chi connectivity index (χ0) is 30.5. The summed E-state index contributed by atoms with van der Waals surface area (Å²) in [5, 5.41) is 32.7. The first-order valence-electron chi connectivity index (χ1n) is 16.8. The van der Waals surface area contributed by atoms with E-state index in [1.807, 2.05) is 13.8 Å². The Bertz CT molecular complexity index is 1060. The average molecular weight is 587 g/mol. The molecule has 4 aliphatic rings. The molecule has 236 valence electrons. The number of unbranched alkanes of at least 4 members (excludes halogenated alkanes) is 10. The summed E-state index contributed by atoms with van der Waals surface area (Å²) in [6.07, 6.45) is 18.1. The molecule has 3 saturated carbocycles. The topological polar surface area (TPSA) is 121 Å². The number of aliphatic hydroxyl groups excluding tert-OH is 2. The first kappa shape index (κ1) is 33.1. The van der Waals surface area contributed by atoms with Gasteiger partial charge < -0.3 is 20.1 Å². The van der Waals surface area contributed by atoms with Crippen molar-refractivity contribution in [3.05, 3.63) is 23.5 Å². The number of carbonyl (C=O) groups excluding carboxylic acids is 3. The lowest BCUT2D eigenvalue weighted by Crippen LogP contribution is -2.62. The van der Waals surface area contributed by atoms with E-state index in [0.29, 0.717) is 25.0 Å². The van der Waals surface area contributed by atoms with Crippen molar-refractivity contribution >= 4 is 17.5 Å². The molecule has 0 unspecified atom stereocenters. The molecule has 7 atom stereocenters. The van der Waals surface area contributed by atoms with Crippen molar-refractivity contribution in [3.8, 4) is 0 Å². The Balaban J connectivity index is 1.37. The molecule has 7 heteroatoms. The van der Waals surface area contributed by atoms with Gasteiger partial charge in [-0.2, -0.15) is 0 Å². The van der Waals surface area contributed by atoms with Crippen LogP contribution in [-0.4, -0.2) is 51.2 Å². The van der Waals surface area contributed by atoms with Crippen LogP contribution < -0.4 is 0 Å². The van der Waals surface area contributed by atoms with Gasteiger partial charge in [0.2, 0.25) is 0 Å². The SMILES string of the molecule is CCCCCCCCCCCCCC(=O)OC1=CC(=O)C=C2CC[C@@H]3[C@H]([C@@H](O)C[C@@]4(C)[C@H]3CC[C@]4(O)C(=O)CO)[C@]21C. The fourth-order valence-electron chi connectivity index (χ4n) is 9.24. The van der Waals surface area contributed by atoms with Crippen molar-refractivity contribution in [3.63, 3.8) is 0 Å². The molecule has 4 rings (SSSR count). The number of allylic oxidation sites excluding steroid dienone is 3. The van der Waals surface area contributed by atoms with Crippen LogP contribution in [0.25, 0.3) is 0 Å². The third-order valence-corrected chi connectivity index (χ3v) is 11.6. The summed E-state index contributed by atoms with van der Waals surface area (Å²) >= 11 is 0. The number of Topliss-reactive ketones (excluding diaryl/α,β-unsaturated/α-hetero) is 1. The molecule has 0 amide bonds. The van der Waals surface area contributed by atoms with Gasteiger partial charge in [0.1, 0.15) is 18.0 Å². The summed E-state index contributed by atoms with van der Waals surface area (Å²) in [4.78, 5) is 38.4. The van der Waals surface area contributed by atoms with E-state index in [0.717, 1.165) is 31.3 Å². The minimum atomic E-state index is -1.67. The van der Waals surface area contributed by atoms with Crippen LogP contribution in [0.1, 0.15) is 130 Å².